The lowest BCUT2D eigenvalue weighted by Crippen LogP contribution is -2.11. The van der Waals surface area contributed by atoms with Gasteiger partial charge in [0.1, 0.15) is 0 Å². The first-order valence-corrected chi connectivity index (χ1v) is 4.91. The van der Waals surface area contributed by atoms with Crippen LogP contribution in [0, 0.1) is 11.8 Å². The quantitative estimate of drug-likeness (QED) is 0.701. The molecule has 3 atom stereocenters. The van der Waals surface area contributed by atoms with Gasteiger partial charge in [-0.1, -0.05) is 6.92 Å². The molecule has 0 aromatic heterocycles. The van der Waals surface area contributed by atoms with Crippen molar-refractivity contribution in [2.75, 3.05) is 13.7 Å². The fourth-order valence-electron chi connectivity index (χ4n) is 2.05. The molecule has 1 rings (SSSR count). The molecule has 3 unspecified atom stereocenters. The molecule has 12 heavy (non-hydrogen) atoms. The fraction of sp³-hybridized carbons (Fsp3) is 1.00. The number of methoxy groups -OCH3 is 1. The van der Waals surface area contributed by atoms with Gasteiger partial charge in [0.05, 0.1) is 6.10 Å². The minimum Gasteiger partial charge on any atom is -0.393 e. The Morgan fingerprint density at radius 3 is 2.75 bits per heavy atom. The Morgan fingerprint density at radius 2 is 2.25 bits per heavy atom. The Kier molecular flexibility index (Phi) is 4.02. The van der Waals surface area contributed by atoms with E-state index in [2.05, 4.69) is 6.92 Å². The van der Waals surface area contributed by atoms with Crippen LogP contribution in [0.1, 0.15) is 32.6 Å². The van der Waals surface area contributed by atoms with Gasteiger partial charge in [0.25, 0.3) is 0 Å². The summed E-state index contributed by atoms with van der Waals surface area (Å²) < 4.78 is 5.04. The highest BCUT2D eigenvalue weighted by Crippen LogP contribution is 2.32. The van der Waals surface area contributed by atoms with Crippen LogP contribution in [-0.4, -0.2) is 24.9 Å². The second-order valence-electron chi connectivity index (χ2n) is 3.99. The number of ether oxygens (including phenoxy) is 1. The molecule has 2 heteroatoms. The Morgan fingerprint density at radius 1 is 1.50 bits per heavy atom. The van der Waals surface area contributed by atoms with E-state index in [4.69, 9.17) is 4.74 Å². The zero-order valence-corrected chi connectivity index (χ0v) is 8.12. The number of aliphatic hydroxyl groups excluding tert-OH is 1. The maximum Gasteiger partial charge on any atom is 0.0543 e. The van der Waals surface area contributed by atoms with Crippen molar-refractivity contribution >= 4 is 0 Å². The predicted molar refractivity (Wildman–Crippen MR) is 49.0 cm³/mol. The van der Waals surface area contributed by atoms with Gasteiger partial charge < -0.3 is 9.84 Å². The third-order valence-corrected chi connectivity index (χ3v) is 3.03. The summed E-state index contributed by atoms with van der Waals surface area (Å²) in [5.41, 5.74) is 0. The molecule has 1 saturated carbocycles. The first kappa shape index (κ1) is 10.0. The molecule has 0 radical (unpaired) electrons. The molecular weight excluding hydrogens is 152 g/mol. The normalized spacial score (nSPS) is 32.2. The van der Waals surface area contributed by atoms with Crippen molar-refractivity contribution in [3.8, 4) is 0 Å². The first-order valence-electron chi connectivity index (χ1n) is 4.91. The SMILES string of the molecule is COCCC(C)C1CCC(O)C1. The molecule has 0 aromatic carbocycles. The van der Waals surface area contributed by atoms with Gasteiger partial charge in [-0.2, -0.15) is 0 Å². The Labute approximate surface area is 74.9 Å². The van der Waals surface area contributed by atoms with E-state index in [0.717, 1.165) is 31.8 Å². The third kappa shape index (κ3) is 2.76. The molecule has 0 bridgehead atoms. The minimum absolute atomic E-state index is 0.0278. The summed E-state index contributed by atoms with van der Waals surface area (Å²) in [4.78, 5) is 0. The molecule has 1 aliphatic carbocycles. The topological polar surface area (TPSA) is 29.5 Å². The summed E-state index contributed by atoms with van der Waals surface area (Å²) in [7, 11) is 1.75. The second-order valence-corrected chi connectivity index (χ2v) is 3.99. The van der Waals surface area contributed by atoms with Crippen molar-refractivity contribution in [1.29, 1.82) is 0 Å². The summed E-state index contributed by atoms with van der Waals surface area (Å²) in [6.45, 7) is 3.12. The van der Waals surface area contributed by atoms with Crippen LogP contribution in [0.25, 0.3) is 0 Å². The lowest BCUT2D eigenvalue weighted by Gasteiger charge is -2.17. The molecule has 1 fully saturated rings. The van der Waals surface area contributed by atoms with E-state index in [1.165, 1.54) is 6.42 Å². The van der Waals surface area contributed by atoms with Gasteiger partial charge in [-0.15, -0.1) is 0 Å². The molecule has 0 aliphatic heterocycles. The van der Waals surface area contributed by atoms with Crippen molar-refractivity contribution in [3.05, 3.63) is 0 Å². The van der Waals surface area contributed by atoms with Crippen LogP contribution in [0.2, 0.25) is 0 Å². The Bertz CT molecular complexity index is 125. The standard InChI is InChI=1S/C10H20O2/c1-8(5-6-12-2)9-3-4-10(11)7-9/h8-11H,3-7H2,1-2H3. The molecule has 0 heterocycles. The van der Waals surface area contributed by atoms with Crippen LogP contribution in [0.3, 0.4) is 0 Å². The zero-order valence-electron chi connectivity index (χ0n) is 8.12. The largest absolute Gasteiger partial charge is 0.393 e. The van der Waals surface area contributed by atoms with Crippen LogP contribution in [-0.2, 0) is 4.74 Å². The van der Waals surface area contributed by atoms with Crippen LogP contribution in [0.4, 0.5) is 0 Å². The highest BCUT2D eigenvalue weighted by atomic mass is 16.5. The number of rotatable bonds is 4. The van der Waals surface area contributed by atoms with E-state index >= 15 is 0 Å². The van der Waals surface area contributed by atoms with Gasteiger partial charge in [0.15, 0.2) is 0 Å². The van der Waals surface area contributed by atoms with Gasteiger partial charge in [0.2, 0.25) is 0 Å². The Hall–Kier alpha value is -0.0800. The Balaban J connectivity index is 2.18. The highest BCUT2D eigenvalue weighted by Gasteiger charge is 2.26. The van der Waals surface area contributed by atoms with Gasteiger partial charge in [-0.3, -0.25) is 0 Å². The molecule has 2 nitrogen and oxygen atoms in total. The summed E-state index contributed by atoms with van der Waals surface area (Å²) in [5, 5.41) is 9.34. The van der Waals surface area contributed by atoms with E-state index < -0.39 is 0 Å². The van der Waals surface area contributed by atoms with Gasteiger partial charge in [-0.05, 0) is 37.5 Å². The molecule has 0 saturated heterocycles. The second kappa shape index (κ2) is 4.83. The first-order chi connectivity index (χ1) is 5.74. The van der Waals surface area contributed by atoms with Gasteiger partial charge >= 0.3 is 0 Å². The molecule has 1 N–H and O–H groups in total. The minimum atomic E-state index is -0.0278. The van der Waals surface area contributed by atoms with E-state index in [0.29, 0.717) is 5.92 Å². The molecule has 1 aliphatic rings. The zero-order chi connectivity index (χ0) is 8.97. The van der Waals surface area contributed by atoms with Gasteiger partial charge in [-0.25, -0.2) is 0 Å². The third-order valence-electron chi connectivity index (χ3n) is 3.03. The maximum atomic E-state index is 9.34. The monoisotopic (exact) mass is 172 g/mol. The number of hydrogen-bond acceptors (Lipinski definition) is 2. The van der Waals surface area contributed by atoms with E-state index in [1.807, 2.05) is 0 Å². The van der Waals surface area contributed by atoms with Crippen LogP contribution < -0.4 is 0 Å². The van der Waals surface area contributed by atoms with Crippen LogP contribution >= 0.6 is 0 Å². The van der Waals surface area contributed by atoms with Crippen molar-refractivity contribution in [2.45, 2.75) is 38.7 Å². The van der Waals surface area contributed by atoms with E-state index in [-0.39, 0.29) is 6.10 Å². The lowest BCUT2D eigenvalue weighted by molar-refractivity contribution is 0.150. The van der Waals surface area contributed by atoms with E-state index in [1.54, 1.807) is 7.11 Å². The van der Waals surface area contributed by atoms with Gasteiger partial charge in [0, 0.05) is 13.7 Å². The molecule has 0 amide bonds. The molecular formula is C10H20O2. The smallest absolute Gasteiger partial charge is 0.0543 e. The average molecular weight is 172 g/mol. The summed E-state index contributed by atoms with van der Waals surface area (Å²) >= 11 is 0. The summed E-state index contributed by atoms with van der Waals surface area (Å²) in [6.07, 6.45) is 4.31. The van der Waals surface area contributed by atoms with Crippen molar-refractivity contribution < 1.29 is 9.84 Å². The predicted octanol–water partition coefficient (Wildman–Crippen LogP) is 1.82. The average Bonchev–Trinajstić information content (AvgIpc) is 2.47. The molecule has 72 valence electrons. The number of aliphatic hydroxyl groups is 1. The highest BCUT2D eigenvalue weighted by molar-refractivity contribution is 4.78. The van der Waals surface area contributed by atoms with Crippen molar-refractivity contribution in [2.24, 2.45) is 11.8 Å². The van der Waals surface area contributed by atoms with Crippen molar-refractivity contribution in [3.63, 3.8) is 0 Å². The maximum absolute atomic E-state index is 9.34. The fourth-order valence-corrected chi connectivity index (χ4v) is 2.05. The molecule has 0 spiro atoms. The molecule has 0 aromatic rings. The van der Waals surface area contributed by atoms with Crippen molar-refractivity contribution in [1.82, 2.24) is 0 Å². The van der Waals surface area contributed by atoms with Crippen LogP contribution in [0.5, 0.6) is 0 Å². The summed E-state index contributed by atoms with van der Waals surface area (Å²) in [6, 6.07) is 0. The lowest BCUT2D eigenvalue weighted by atomic mass is 9.90. The van der Waals surface area contributed by atoms with E-state index in [9.17, 15) is 5.11 Å². The number of hydrogen-bond donors (Lipinski definition) is 1. The van der Waals surface area contributed by atoms with Crippen LogP contribution in [0.15, 0.2) is 0 Å². The summed E-state index contributed by atoms with van der Waals surface area (Å²) in [5.74, 6) is 1.44.